The van der Waals surface area contributed by atoms with Gasteiger partial charge in [-0.05, 0) is 77.4 Å². The Bertz CT molecular complexity index is 593. The molecule has 1 aromatic heterocycles. The molecule has 0 spiro atoms. The van der Waals surface area contributed by atoms with Gasteiger partial charge in [-0.15, -0.1) is 0 Å². The first-order valence-electron chi connectivity index (χ1n) is 9.44. The lowest BCUT2D eigenvalue weighted by Crippen LogP contribution is -2.50. The second-order valence-electron chi connectivity index (χ2n) is 8.58. The van der Waals surface area contributed by atoms with Crippen molar-refractivity contribution in [3.63, 3.8) is 0 Å². The van der Waals surface area contributed by atoms with Gasteiger partial charge in [0.15, 0.2) is 0 Å². The number of amides is 1. The standard InChI is InChI=1S/C19H35BrN4O2/c1-9-24(10-2,11-3)13-15-12-16(20)22-23(15)14-19(7,8)21-17(25)26-18(4,5)6/h12H,9-11,13-14H2,1-8H3/p+1. The molecular formula is C19H36BrN4O2+. The van der Waals surface area contributed by atoms with Crippen LogP contribution in [0.25, 0.3) is 0 Å². The third kappa shape index (κ3) is 6.91. The molecule has 0 aliphatic rings. The van der Waals surface area contributed by atoms with Crippen molar-refractivity contribution in [2.24, 2.45) is 0 Å². The minimum atomic E-state index is -0.513. The minimum absolute atomic E-state index is 0.406. The Labute approximate surface area is 167 Å². The Balaban J connectivity index is 2.94. The largest absolute Gasteiger partial charge is 0.444 e. The Kier molecular flexibility index (Phi) is 7.72. The fourth-order valence-electron chi connectivity index (χ4n) is 3.03. The number of carbonyl (C=O) groups excluding carboxylic acids is 1. The molecule has 0 aliphatic carbocycles. The van der Waals surface area contributed by atoms with E-state index >= 15 is 0 Å². The second kappa shape index (κ2) is 8.74. The van der Waals surface area contributed by atoms with Gasteiger partial charge in [0.05, 0.1) is 37.4 Å². The number of quaternary nitrogens is 1. The van der Waals surface area contributed by atoms with Crippen LogP contribution in [0.1, 0.15) is 61.1 Å². The molecule has 0 unspecified atom stereocenters. The third-order valence-corrected chi connectivity index (χ3v) is 5.12. The van der Waals surface area contributed by atoms with Gasteiger partial charge in [0.2, 0.25) is 0 Å². The molecule has 1 rings (SSSR count). The SMILES string of the molecule is CC[N+](CC)(CC)Cc1cc(Br)nn1CC(C)(C)NC(=O)OC(C)(C)C. The monoisotopic (exact) mass is 431 g/mol. The molecule has 1 aromatic rings. The highest BCUT2D eigenvalue weighted by atomic mass is 79.9. The Morgan fingerprint density at radius 2 is 1.73 bits per heavy atom. The number of rotatable bonds is 8. The average molecular weight is 432 g/mol. The van der Waals surface area contributed by atoms with Gasteiger partial charge < -0.3 is 14.5 Å². The van der Waals surface area contributed by atoms with Crippen molar-refractivity contribution >= 4 is 22.0 Å². The maximum absolute atomic E-state index is 12.1. The van der Waals surface area contributed by atoms with Crippen LogP contribution in [0.15, 0.2) is 10.7 Å². The first-order chi connectivity index (χ1) is 11.9. The van der Waals surface area contributed by atoms with Crippen LogP contribution >= 0.6 is 15.9 Å². The molecule has 0 saturated heterocycles. The number of ether oxygens (including phenoxy) is 1. The Hall–Kier alpha value is -1.08. The molecule has 0 aliphatic heterocycles. The van der Waals surface area contributed by atoms with E-state index in [1.165, 1.54) is 5.69 Å². The van der Waals surface area contributed by atoms with Crippen LogP contribution in [0.3, 0.4) is 0 Å². The first-order valence-corrected chi connectivity index (χ1v) is 10.2. The van der Waals surface area contributed by atoms with E-state index in [1.807, 2.05) is 39.3 Å². The number of nitrogens with zero attached hydrogens (tertiary/aromatic N) is 3. The lowest BCUT2D eigenvalue weighted by atomic mass is 10.1. The fraction of sp³-hybridized carbons (Fsp3) is 0.789. The average Bonchev–Trinajstić information content (AvgIpc) is 2.80. The van der Waals surface area contributed by atoms with Crippen LogP contribution in [0, 0.1) is 0 Å². The molecule has 0 bridgehead atoms. The normalized spacial score (nSPS) is 13.0. The molecule has 0 aromatic carbocycles. The van der Waals surface area contributed by atoms with E-state index in [0.717, 1.165) is 35.3 Å². The van der Waals surface area contributed by atoms with Gasteiger partial charge >= 0.3 is 6.09 Å². The van der Waals surface area contributed by atoms with Crippen molar-refractivity contribution in [1.29, 1.82) is 0 Å². The predicted octanol–water partition coefficient (Wildman–Crippen LogP) is 4.33. The summed E-state index contributed by atoms with van der Waals surface area (Å²) in [6.45, 7) is 21.0. The highest BCUT2D eigenvalue weighted by Crippen LogP contribution is 2.20. The molecular weight excluding hydrogens is 396 g/mol. The van der Waals surface area contributed by atoms with E-state index < -0.39 is 17.2 Å². The lowest BCUT2D eigenvalue weighted by molar-refractivity contribution is -0.936. The van der Waals surface area contributed by atoms with Crippen LogP contribution in [0.2, 0.25) is 0 Å². The molecule has 0 saturated carbocycles. The van der Waals surface area contributed by atoms with Crippen LogP contribution in [0.5, 0.6) is 0 Å². The van der Waals surface area contributed by atoms with Gasteiger partial charge in [0, 0.05) is 0 Å². The van der Waals surface area contributed by atoms with Crippen molar-refractivity contribution in [2.45, 2.75) is 79.6 Å². The van der Waals surface area contributed by atoms with Gasteiger partial charge in [-0.3, -0.25) is 4.68 Å². The molecule has 1 heterocycles. The molecule has 0 fully saturated rings. The maximum Gasteiger partial charge on any atom is 0.408 e. The van der Waals surface area contributed by atoms with Crippen molar-refractivity contribution in [3.8, 4) is 0 Å². The molecule has 1 amide bonds. The van der Waals surface area contributed by atoms with E-state index in [0.29, 0.717) is 6.54 Å². The van der Waals surface area contributed by atoms with E-state index in [2.05, 4.69) is 53.2 Å². The fourth-order valence-corrected chi connectivity index (χ4v) is 3.48. The summed E-state index contributed by atoms with van der Waals surface area (Å²) in [5.74, 6) is 0. The second-order valence-corrected chi connectivity index (χ2v) is 9.39. The molecule has 6 nitrogen and oxygen atoms in total. The molecule has 1 N–H and O–H groups in total. The summed E-state index contributed by atoms with van der Waals surface area (Å²) in [7, 11) is 0. The van der Waals surface area contributed by atoms with E-state index in [9.17, 15) is 4.79 Å². The maximum atomic E-state index is 12.1. The molecule has 150 valence electrons. The first kappa shape index (κ1) is 23.0. The van der Waals surface area contributed by atoms with Crippen molar-refractivity contribution in [1.82, 2.24) is 15.1 Å². The van der Waals surface area contributed by atoms with E-state index in [4.69, 9.17) is 4.74 Å². The summed E-state index contributed by atoms with van der Waals surface area (Å²) >= 11 is 3.50. The minimum Gasteiger partial charge on any atom is -0.444 e. The zero-order valence-corrected chi connectivity index (χ0v) is 19.2. The number of halogens is 1. The zero-order valence-electron chi connectivity index (χ0n) is 17.6. The molecule has 0 atom stereocenters. The Morgan fingerprint density at radius 3 is 2.19 bits per heavy atom. The van der Waals surface area contributed by atoms with Gasteiger partial charge in [-0.25, -0.2) is 4.79 Å². The summed E-state index contributed by atoms with van der Waals surface area (Å²) in [6.07, 6.45) is -0.406. The summed E-state index contributed by atoms with van der Waals surface area (Å²) in [5.41, 5.74) is 0.171. The molecule has 26 heavy (non-hydrogen) atoms. The molecule has 0 radical (unpaired) electrons. The van der Waals surface area contributed by atoms with Crippen molar-refractivity contribution in [3.05, 3.63) is 16.4 Å². The number of carbonyl (C=O) groups is 1. The van der Waals surface area contributed by atoms with Gasteiger partial charge in [-0.1, -0.05) is 0 Å². The van der Waals surface area contributed by atoms with Gasteiger partial charge in [-0.2, -0.15) is 5.10 Å². The summed E-state index contributed by atoms with van der Waals surface area (Å²) in [4.78, 5) is 12.1. The number of hydrogen-bond acceptors (Lipinski definition) is 3. The Morgan fingerprint density at radius 1 is 1.19 bits per heavy atom. The van der Waals surface area contributed by atoms with Gasteiger partial charge in [0.1, 0.15) is 16.7 Å². The zero-order chi connectivity index (χ0) is 20.2. The van der Waals surface area contributed by atoms with Crippen molar-refractivity contribution in [2.75, 3.05) is 19.6 Å². The number of nitrogens with one attached hydrogen (secondary N) is 1. The van der Waals surface area contributed by atoms with E-state index in [1.54, 1.807) is 0 Å². The smallest absolute Gasteiger partial charge is 0.408 e. The summed E-state index contributed by atoms with van der Waals surface area (Å²) < 4.78 is 9.22. The van der Waals surface area contributed by atoms with Crippen molar-refractivity contribution < 1.29 is 14.0 Å². The highest BCUT2D eigenvalue weighted by molar-refractivity contribution is 9.10. The highest BCUT2D eigenvalue weighted by Gasteiger charge is 2.29. The van der Waals surface area contributed by atoms with Gasteiger partial charge in [0.25, 0.3) is 0 Å². The topological polar surface area (TPSA) is 56.2 Å². The van der Waals surface area contributed by atoms with Crippen LogP contribution in [-0.4, -0.2) is 51.1 Å². The number of alkyl carbamates (subject to hydrolysis) is 1. The number of hydrogen-bond donors (Lipinski definition) is 1. The van der Waals surface area contributed by atoms with Crippen LogP contribution < -0.4 is 5.32 Å². The predicted molar refractivity (Wildman–Crippen MR) is 109 cm³/mol. The van der Waals surface area contributed by atoms with Crippen LogP contribution in [-0.2, 0) is 17.8 Å². The summed E-state index contributed by atoms with van der Waals surface area (Å²) in [6, 6.07) is 2.08. The van der Waals surface area contributed by atoms with Crippen LogP contribution in [0.4, 0.5) is 4.79 Å². The number of aromatic nitrogens is 2. The molecule has 7 heteroatoms. The lowest BCUT2D eigenvalue weighted by Gasteiger charge is -2.36. The quantitative estimate of drug-likeness (QED) is 0.623. The van der Waals surface area contributed by atoms with E-state index in [-0.39, 0.29) is 0 Å². The summed E-state index contributed by atoms with van der Waals surface area (Å²) in [5, 5.41) is 7.56. The third-order valence-electron chi connectivity index (χ3n) is 4.73.